The Labute approximate surface area is 172 Å². The third-order valence-corrected chi connectivity index (χ3v) is 4.23. The van der Waals surface area contributed by atoms with E-state index in [1.54, 1.807) is 43.5 Å². The summed E-state index contributed by atoms with van der Waals surface area (Å²) in [5.74, 6) is -0.969. The highest BCUT2D eigenvalue weighted by Gasteiger charge is 2.11. The predicted octanol–water partition coefficient (Wildman–Crippen LogP) is 4.32. The first-order valence-corrected chi connectivity index (χ1v) is 8.88. The van der Waals surface area contributed by atoms with Crippen LogP contribution in [0.2, 0.25) is 0 Å². The van der Waals surface area contributed by atoms with Crippen molar-refractivity contribution in [3.63, 3.8) is 0 Å². The van der Waals surface area contributed by atoms with Gasteiger partial charge in [-0.25, -0.2) is 9.59 Å². The molecule has 1 heterocycles. The molecule has 0 aliphatic carbocycles. The number of ether oxygens (including phenoxy) is 2. The number of aromatic carboxylic acids is 2. The highest BCUT2D eigenvalue weighted by Crippen LogP contribution is 2.29. The van der Waals surface area contributed by atoms with E-state index < -0.39 is 11.9 Å². The summed E-state index contributed by atoms with van der Waals surface area (Å²) in [5.41, 5.74) is 2.37. The Morgan fingerprint density at radius 1 is 1.03 bits per heavy atom. The van der Waals surface area contributed by atoms with Gasteiger partial charge in [0.05, 0.1) is 18.4 Å². The number of carboxylic acid groups (broad SMARTS) is 2. The number of aryl methyl sites for hydroxylation is 1. The van der Waals surface area contributed by atoms with Crippen LogP contribution >= 0.6 is 0 Å². The summed E-state index contributed by atoms with van der Waals surface area (Å²) in [4.78, 5) is 26.3. The van der Waals surface area contributed by atoms with Crippen LogP contribution in [0.4, 0.5) is 5.69 Å². The Morgan fingerprint density at radius 3 is 2.47 bits per heavy atom. The first kappa shape index (κ1) is 20.7. The average molecular weight is 409 g/mol. The topological polar surface area (TPSA) is 119 Å². The molecule has 0 aliphatic heterocycles. The van der Waals surface area contributed by atoms with Crippen molar-refractivity contribution in [3.8, 4) is 11.5 Å². The molecule has 0 radical (unpaired) electrons. The maximum Gasteiger partial charge on any atom is 0.371 e. The molecule has 0 fully saturated rings. The number of aliphatic imine (C=N–C) groups is 1. The SMILES string of the molecule is COc1cc(C=Nc2ccc(C(=O)O)cc2C)ccc1OCc1ccc(C(=O)O)o1. The summed E-state index contributed by atoms with van der Waals surface area (Å²) in [6, 6.07) is 12.9. The van der Waals surface area contributed by atoms with Crippen LogP contribution in [0.1, 0.15) is 37.8 Å². The van der Waals surface area contributed by atoms with Crippen molar-refractivity contribution in [2.24, 2.45) is 4.99 Å². The van der Waals surface area contributed by atoms with E-state index in [0.717, 1.165) is 11.1 Å². The van der Waals surface area contributed by atoms with Gasteiger partial charge in [0.2, 0.25) is 5.76 Å². The molecule has 0 saturated heterocycles. The third kappa shape index (κ3) is 4.85. The third-order valence-electron chi connectivity index (χ3n) is 4.23. The van der Waals surface area contributed by atoms with E-state index in [2.05, 4.69) is 4.99 Å². The highest BCUT2D eigenvalue weighted by atomic mass is 16.5. The number of nitrogens with zero attached hydrogens (tertiary/aromatic N) is 1. The Bertz CT molecular complexity index is 1110. The van der Waals surface area contributed by atoms with Crippen molar-refractivity contribution in [2.75, 3.05) is 7.11 Å². The fraction of sp³-hybridized carbons (Fsp3) is 0.136. The molecule has 0 atom stereocenters. The lowest BCUT2D eigenvalue weighted by atomic mass is 10.1. The average Bonchev–Trinajstić information content (AvgIpc) is 3.21. The minimum Gasteiger partial charge on any atom is -0.493 e. The van der Waals surface area contributed by atoms with Gasteiger partial charge in [0, 0.05) is 6.21 Å². The monoisotopic (exact) mass is 409 g/mol. The molecule has 8 nitrogen and oxygen atoms in total. The number of methoxy groups -OCH3 is 1. The van der Waals surface area contributed by atoms with Gasteiger partial charge in [-0.1, -0.05) is 0 Å². The number of benzene rings is 2. The lowest BCUT2D eigenvalue weighted by Gasteiger charge is -2.10. The number of hydrogen-bond acceptors (Lipinski definition) is 6. The van der Waals surface area contributed by atoms with Gasteiger partial charge in [-0.2, -0.15) is 0 Å². The number of rotatable bonds is 8. The molecule has 0 bridgehead atoms. The normalized spacial score (nSPS) is 10.9. The quantitative estimate of drug-likeness (QED) is 0.532. The van der Waals surface area contributed by atoms with Gasteiger partial charge in [-0.15, -0.1) is 0 Å². The molecule has 30 heavy (non-hydrogen) atoms. The van der Waals surface area contributed by atoms with Gasteiger partial charge in [-0.3, -0.25) is 4.99 Å². The zero-order chi connectivity index (χ0) is 21.7. The minimum absolute atomic E-state index is 0.0478. The second kappa shape index (κ2) is 8.95. The molecule has 8 heteroatoms. The van der Waals surface area contributed by atoms with Crippen molar-refractivity contribution in [2.45, 2.75) is 13.5 Å². The number of carboxylic acids is 2. The first-order valence-electron chi connectivity index (χ1n) is 8.88. The molecule has 0 spiro atoms. The van der Waals surface area contributed by atoms with Crippen LogP contribution in [0.25, 0.3) is 0 Å². The van der Waals surface area contributed by atoms with E-state index in [0.29, 0.717) is 22.9 Å². The summed E-state index contributed by atoms with van der Waals surface area (Å²) in [5, 5.41) is 17.9. The zero-order valence-corrected chi connectivity index (χ0v) is 16.3. The summed E-state index contributed by atoms with van der Waals surface area (Å²) >= 11 is 0. The Kier molecular flexibility index (Phi) is 6.17. The van der Waals surface area contributed by atoms with Crippen LogP contribution < -0.4 is 9.47 Å². The van der Waals surface area contributed by atoms with E-state index in [1.165, 1.54) is 25.3 Å². The van der Waals surface area contributed by atoms with Gasteiger partial charge in [0.15, 0.2) is 11.5 Å². The van der Waals surface area contributed by atoms with Crippen LogP contribution in [0, 0.1) is 6.92 Å². The summed E-state index contributed by atoms with van der Waals surface area (Å²) < 4.78 is 16.2. The standard InChI is InChI=1S/C22H19NO7/c1-13-9-15(21(24)25)4-6-17(13)23-11-14-3-7-18(20(10-14)28-2)29-12-16-5-8-19(30-16)22(26)27/h3-11H,12H2,1-2H3,(H,24,25)(H,26,27). The van der Waals surface area contributed by atoms with Crippen LogP contribution in [0.3, 0.4) is 0 Å². The van der Waals surface area contributed by atoms with Crippen molar-refractivity contribution in [3.05, 3.63) is 76.7 Å². The van der Waals surface area contributed by atoms with Crippen LogP contribution in [-0.4, -0.2) is 35.5 Å². The second-order valence-corrected chi connectivity index (χ2v) is 6.33. The number of carbonyl (C=O) groups is 2. The van der Waals surface area contributed by atoms with E-state index in [4.69, 9.17) is 24.1 Å². The fourth-order valence-corrected chi connectivity index (χ4v) is 2.68. The molecule has 0 aliphatic rings. The van der Waals surface area contributed by atoms with Gasteiger partial charge >= 0.3 is 11.9 Å². The lowest BCUT2D eigenvalue weighted by Crippen LogP contribution is -1.98. The molecular formula is C22H19NO7. The molecule has 1 aromatic heterocycles. The van der Waals surface area contributed by atoms with Crippen LogP contribution in [-0.2, 0) is 6.61 Å². The summed E-state index contributed by atoms with van der Waals surface area (Å²) in [6.45, 7) is 1.84. The van der Waals surface area contributed by atoms with Crippen LogP contribution in [0.15, 0.2) is 57.9 Å². The molecular weight excluding hydrogens is 390 g/mol. The molecule has 0 saturated carbocycles. The van der Waals surface area contributed by atoms with E-state index in [9.17, 15) is 9.59 Å². The van der Waals surface area contributed by atoms with Gasteiger partial charge in [0.25, 0.3) is 0 Å². The van der Waals surface area contributed by atoms with E-state index in [1.807, 2.05) is 0 Å². The summed E-state index contributed by atoms with van der Waals surface area (Å²) in [6.07, 6.45) is 1.64. The molecule has 2 aromatic carbocycles. The molecule has 0 amide bonds. The van der Waals surface area contributed by atoms with Gasteiger partial charge in [0.1, 0.15) is 12.4 Å². The van der Waals surface area contributed by atoms with Gasteiger partial charge in [-0.05, 0) is 66.6 Å². The Balaban J connectivity index is 1.72. The lowest BCUT2D eigenvalue weighted by molar-refractivity contribution is 0.0655. The summed E-state index contributed by atoms with van der Waals surface area (Å²) in [7, 11) is 1.51. The van der Waals surface area contributed by atoms with Crippen molar-refractivity contribution >= 4 is 23.8 Å². The Morgan fingerprint density at radius 2 is 1.83 bits per heavy atom. The first-order chi connectivity index (χ1) is 14.4. The largest absolute Gasteiger partial charge is 0.493 e. The minimum atomic E-state index is -1.14. The smallest absolute Gasteiger partial charge is 0.371 e. The highest BCUT2D eigenvalue weighted by molar-refractivity contribution is 5.89. The van der Waals surface area contributed by atoms with Crippen LogP contribution in [0.5, 0.6) is 11.5 Å². The zero-order valence-electron chi connectivity index (χ0n) is 16.3. The number of hydrogen-bond donors (Lipinski definition) is 2. The number of furan rings is 1. The fourth-order valence-electron chi connectivity index (χ4n) is 2.68. The maximum atomic E-state index is 11.0. The molecule has 3 aromatic rings. The molecule has 2 N–H and O–H groups in total. The van der Waals surface area contributed by atoms with E-state index in [-0.39, 0.29) is 17.9 Å². The van der Waals surface area contributed by atoms with Gasteiger partial charge < -0.3 is 24.1 Å². The predicted molar refractivity (Wildman–Crippen MR) is 108 cm³/mol. The second-order valence-electron chi connectivity index (χ2n) is 6.33. The molecule has 0 unspecified atom stereocenters. The van der Waals surface area contributed by atoms with Crippen molar-refractivity contribution in [1.82, 2.24) is 0 Å². The maximum absolute atomic E-state index is 11.0. The van der Waals surface area contributed by atoms with E-state index >= 15 is 0 Å². The van der Waals surface area contributed by atoms with Crippen molar-refractivity contribution in [1.29, 1.82) is 0 Å². The Hall–Kier alpha value is -4.07. The molecule has 3 rings (SSSR count). The van der Waals surface area contributed by atoms with Crippen molar-refractivity contribution < 1.29 is 33.7 Å². The molecule has 154 valence electrons.